The molecule has 1 atom stereocenters. The molecular weight excluding hydrogens is 368 g/mol. The molecule has 0 unspecified atom stereocenters. The molecule has 4 rings (SSSR count). The lowest BCUT2D eigenvalue weighted by Gasteiger charge is -2.38. The number of nitriles is 1. The molecule has 2 fully saturated rings. The van der Waals surface area contributed by atoms with Crippen LogP contribution in [0.5, 0.6) is 5.75 Å². The molecule has 1 N–H and O–H groups in total. The Morgan fingerprint density at radius 1 is 1.14 bits per heavy atom. The zero-order valence-electron chi connectivity index (χ0n) is 16.7. The number of nitrogens with one attached hydrogen (secondary N) is 1. The molecule has 0 aromatic heterocycles. The number of nitrogens with zero attached hydrogens (tertiary/aromatic N) is 3. The van der Waals surface area contributed by atoms with Crippen LogP contribution in [-0.4, -0.2) is 54.5 Å². The Bertz CT molecular complexity index is 807. The highest BCUT2D eigenvalue weighted by Crippen LogP contribution is 2.34. The van der Waals surface area contributed by atoms with Crippen molar-refractivity contribution in [3.8, 4) is 11.8 Å². The number of hydrogen-bond acceptors (Lipinski definition) is 5. The van der Waals surface area contributed by atoms with Gasteiger partial charge in [0.1, 0.15) is 11.3 Å². The smallest absolute Gasteiger partial charge is 0.265 e. The molecule has 2 heterocycles. The van der Waals surface area contributed by atoms with E-state index in [1.807, 2.05) is 34.1 Å². The average Bonchev–Trinajstić information content (AvgIpc) is 3.22. The molecule has 0 spiro atoms. The highest BCUT2D eigenvalue weighted by molar-refractivity contribution is 5.86. The van der Waals surface area contributed by atoms with Gasteiger partial charge < -0.3 is 19.9 Å². The standard InChI is InChI=1S/C22H28N4O3/c23-16-22(10-4-5-11-22)24-20(27)15-26-14-19(21(28)25-12-6-1-7-13-25)29-18-9-3-2-8-17(18)26/h2-3,8-9,19H,1,4-7,10-15H2,(H,24,27)/t19-/m0/s1. The van der Waals surface area contributed by atoms with Gasteiger partial charge in [-0.15, -0.1) is 0 Å². The number of amides is 2. The predicted octanol–water partition coefficient (Wildman–Crippen LogP) is 2.22. The van der Waals surface area contributed by atoms with Gasteiger partial charge in [-0.2, -0.15) is 5.26 Å². The Morgan fingerprint density at radius 2 is 1.86 bits per heavy atom. The molecule has 2 aliphatic heterocycles. The molecule has 7 nitrogen and oxygen atoms in total. The van der Waals surface area contributed by atoms with Gasteiger partial charge in [-0.25, -0.2) is 0 Å². The molecule has 1 saturated heterocycles. The second-order valence-corrected chi connectivity index (χ2v) is 8.29. The van der Waals surface area contributed by atoms with Crippen LogP contribution in [0.1, 0.15) is 44.9 Å². The van der Waals surface area contributed by atoms with E-state index in [1.165, 1.54) is 0 Å². The van der Waals surface area contributed by atoms with Gasteiger partial charge in [0.2, 0.25) is 5.91 Å². The van der Waals surface area contributed by atoms with Crippen molar-refractivity contribution in [1.29, 1.82) is 5.26 Å². The summed E-state index contributed by atoms with van der Waals surface area (Å²) in [6.45, 7) is 1.98. The van der Waals surface area contributed by atoms with E-state index in [0.29, 0.717) is 25.1 Å². The molecule has 1 aromatic carbocycles. The fraction of sp³-hybridized carbons (Fsp3) is 0.591. The summed E-state index contributed by atoms with van der Waals surface area (Å²) in [6, 6.07) is 9.80. The first-order chi connectivity index (χ1) is 14.1. The van der Waals surface area contributed by atoms with Crippen LogP contribution in [-0.2, 0) is 9.59 Å². The van der Waals surface area contributed by atoms with Crippen LogP contribution >= 0.6 is 0 Å². The maximum atomic E-state index is 13.0. The minimum Gasteiger partial charge on any atom is -0.477 e. The summed E-state index contributed by atoms with van der Waals surface area (Å²) in [4.78, 5) is 29.6. The highest BCUT2D eigenvalue weighted by atomic mass is 16.5. The van der Waals surface area contributed by atoms with Gasteiger partial charge in [0.15, 0.2) is 6.10 Å². The van der Waals surface area contributed by atoms with E-state index in [0.717, 1.165) is 50.9 Å². The van der Waals surface area contributed by atoms with Crippen LogP contribution in [0.25, 0.3) is 0 Å². The van der Waals surface area contributed by atoms with Crippen LogP contribution in [0, 0.1) is 11.3 Å². The number of carbonyl (C=O) groups excluding carboxylic acids is 2. The lowest BCUT2D eigenvalue weighted by atomic mass is 10.00. The summed E-state index contributed by atoms with van der Waals surface area (Å²) in [7, 11) is 0. The topological polar surface area (TPSA) is 85.7 Å². The van der Waals surface area contributed by atoms with Crippen LogP contribution < -0.4 is 15.0 Å². The molecule has 2 amide bonds. The summed E-state index contributed by atoms with van der Waals surface area (Å²) in [6.07, 6.45) is 5.91. The van der Waals surface area contributed by atoms with Crippen molar-refractivity contribution < 1.29 is 14.3 Å². The number of piperidine rings is 1. The monoisotopic (exact) mass is 396 g/mol. The molecule has 0 bridgehead atoms. The van der Waals surface area contributed by atoms with Gasteiger partial charge in [0.25, 0.3) is 5.91 Å². The predicted molar refractivity (Wildman–Crippen MR) is 108 cm³/mol. The molecular formula is C22H28N4O3. The third-order valence-corrected chi connectivity index (χ3v) is 6.19. The molecule has 1 saturated carbocycles. The van der Waals surface area contributed by atoms with E-state index >= 15 is 0 Å². The molecule has 0 radical (unpaired) electrons. The molecule has 1 aromatic rings. The third-order valence-electron chi connectivity index (χ3n) is 6.19. The van der Waals surface area contributed by atoms with Gasteiger partial charge in [0, 0.05) is 13.1 Å². The molecule has 7 heteroatoms. The van der Waals surface area contributed by atoms with Crippen LogP contribution in [0.2, 0.25) is 0 Å². The average molecular weight is 396 g/mol. The van der Waals surface area contributed by atoms with Crippen molar-refractivity contribution in [3.63, 3.8) is 0 Å². The summed E-state index contributed by atoms with van der Waals surface area (Å²) in [5.74, 6) is 0.431. The second-order valence-electron chi connectivity index (χ2n) is 8.29. The fourth-order valence-electron chi connectivity index (χ4n) is 4.63. The van der Waals surface area contributed by atoms with E-state index in [9.17, 15) is 14.9 Å². The zero-order valence-corrected chi connectivity index (χ0v) is 16.7. The van der Waals surface area contributed by atoms with Gasteiger partial charge in [-0.1, -0.05) is 12.1 Å². The van der Waals surface area contributed by atoms with Crippen molar-refractivity contribution in [2.45, 2.75) is 56.6 Å². The lowest BCUT2D eigenvalue weighted by Crippen LogP contribution is -2.54. The normalized spacial score (nSPS) is 22.9. The molecule has 3 aliphatic rings. The van der Waals surface area contributed by atoms with Gasteiger partial charge in [-0.05, 0) is 57.1 Å². The number of anilines is 1. The second kappa shape index (κ2) is 8.32. The van der Waals surface area contributed by atoms with Crippen molar-refractivity contribution in [1.82, 2.24) is 10.2 Å². The minimum absolute atomic E-state index is 0.00565. The Labute approximate surface area is 171 Å². The van der Waals surface area contributed by atoms with Crippen LogP contribution in [0.15, 0.2) is 24.3 Å². The number of fused-ring (bicyclic) bond motifs is 1. The molecule has 154 valence electrons. The van der Waals surface area contributed by atoms with Crippen molar-refractivity contribution in [2.75, 3.05) is 31.1 Å². The van der Waals surface area contributed by atoms with Crippen LogP contribution in [0.4, 0.5) is 5.69 Å². The van der Waals surface area contributed by atoms with Gasteiger partial charge >= 0.3 is 0 Å². The van der Waals surface area contributed by atoms with E-state index in [1.54, 1.807) is 0 Å². The number of para-hydroxylation sites is 2. The summed E-state index contributed by atoms with van der Waals surface area (Å²) in [5, 5.41) is 12.5. The summed E-state index contributed by atoms with van der Waals surface area (Å²) >= 11 is 0. The van der Waals surface area contributed by atoms with E-state index in [4.69, 9.17) is 4.74 Å². The largest absolute Gasteiger partial charge is 0.477 e. The number of carbonyl (C=O) groups is 2. The first-order valence-electron chi connectivity index (χ1n) is 10.6. The van der Waals surface area contributed by atoms with Gasteiger partial charge in [0.05, 0.1) is 24.8 Å². The van der Waals surface area contributed by atoms with Gasteiger partial charge in [-0.3, -0.25) is 9.59 Å². The van der Waals surface area contributed by atoms with E-state index in [2.05, 4.69) is 11.4 Å². The zero-order chi connectivity index (χ0) is 20.3. The summed E-state index contributed by atoms with van der Waals surface area (Å²) in [5.41, 5.74) is 0.0640. The Hall–Kier alpha value is -2.75. The Morgan fingerprint density at radius 3 is 2.59 bits per heavy atom. The van der Waals surface area contributed by atoms with Crippen molar-refractivity contribution >= 4 is 17.5 Å². The highest BCUT2D eigenvalue weighted by Gasteiger charge is 2.38. The fourth-order valence-corrected chi connectivity index (χ4v) is 4.63. The van der Waals surface area contributed by atoms with E-state index < -0.39 is 11.6 Å². The lowest BCUT2D eigenvalue weighted by molar-refractivity contribution is -0.139. The van der Waals surface area contributed by atoms with Crippen molar-refractivity contribution in [3.05, 3.63) is 24.3 Å². The minimum atomic E-state index is -0.744. The number of ether oxygens (including phenoxy) is 1. The number of likely N-dealkylation sites (tertiary alicyclic amines) is 1. The Kier molecular flexibility index (Phi) is 5.61. The quantitative estimate of drug-likeness (QED) is 0.843. The SMILES string of the molecule is N#CC1(NC(=O)CN2C[C@@H](C(=O)N3CCCCC3)Oc3ccccc32)CCCC1. The third kappa shape index (κ3) is 4.16. The van der Waals surface area contributed by atoms with Crippen LogP contribution in [0.3, 0.4) is 0 Å². The molecule has 29 heavy (non-hydrogen) atoms. The van der Waals surface area contributed by atoms with E-state index in [-0.39, 0.29) is 18.4 Å². The number of benzene rings is 1. The molecule has 1 aliphatic carbocycles. The maximum Gasteiger partial charge on any atom is 0.265 e. The first-order valence-corrected chi connectivity index (χ1v) is 10.6. The first kappa shape index (κ1) is 19.6. The Balaban J connectivity index is 1.48. The maximum absolute atomic E-state index is 13.0. The number of hydrogen-bond donors (Lipinski definition) is 1. The number of rotatable bonds is 4. The summed E-state index contributed by atoms with van der Waals surface area (Å²) < 4.78 is 6.02. The van der Waals surface area contributed by atoms with Crippen molar-refractivity contribution in [2.24, 2.45) is 0 Å².